The minimum absolute atomic E-state index is 0.0120. The molecule has 1 aromatic heterocycles. The van der Waals surface area contributed by atoms with Crippen molar-refractivity contribution in [3.05, 3.63) is 66.1 Å². The molecule has 1 aliphatic heterocycles. The van der Waals surface area contributed by atoms with Crippen molar-refractivity contribution < 1.29 is 14.1 Å². The minimum Gasteiger partial charge on any atom is -0.494 e. The van der Waals surface area contributed by atoms with Crippen molar-refractivity contribution in [2.75, 3.05) is 6.61 Å². The number of aromatic nitrogens is 2. The molecule has 150 valence electrons. The first-order valence-corrected chi connectivity index (χ1v) is 10.5. The Balaban J connectivity index is 1.38. The Morgan fingerprint density at radius 2 is 2.07 bits per heavy atom. The molecule has 1 amide bonds. The van der Waals surface area contributed by atoms with E-state index >= 15 is 0 Å². The Hall–Kier alpha value is -2.84. The molecule has 29 heavy (non-hydrogen) atoms. The van der Waals surface area contributed by atoms with Crippen LogP contribution in [0.15, 0.2) is 59.1 Å². The Morgan fingerprint density at radius 1 is 1.21 bits per heavy atom. The second-order valence-corrected chi connectivity index (χ2v) is 7.66. The van der Waals surface area contributed by atoms with Gasteiger partial charge in [0.1, 0.15) is 11.2 Å². The van der Waals surface area contributed by atoms with E-state index in [0.29, 0.717) is 30.5 Å². The number of benzene rings is 2. The van der Waals surface area contributed by atoms with E-state index in [1.54, 1.807) is 0 Å². The summed E-state index contributed by atoms with van der Waals surface area (Å²) < 4.78 is 10.9. The summed E-state index contributed by atoms with van der Waals surface area (Å²) in [5.41, 5.74) is 1.71. The van der Waals surface area contributed by atoms with E-state index in [0.717, 1.165) is 16.9 Å². The van der Waals surface area contributed by atoms with Gasteiger partial charge in [-0.3, -0.25) is 10.1 Å². The van der Waals surface area contributed by atoms with Crippen LogP contribution in [-0.4, -0.2) is 28.2 Å². The molecule has 1 saturated heterocycles. The van der Waals surface area contributed by atoms with Gasteiger partial charge in [-0.1, -0.05) is 47.6 Å². The highest BCUT2D eigenvalue weighted by Crippen LogP contribution is 2.26. The molecule has 2 unspecified atom stereocenters. The van der Waals surface area contributed by atoms with Crippen molar-refractivity contribution in [2.45, 2.75) is 30.6 Å². The van der Waals surface area contributed by atoms with Crippen LogP contribution in [0.25, 0.3) is 11.4 Å². The molecular formula is C21H22N4O3S. The number of amides is 1. The Kier molecular flexibility index (Phi) is 6.12. The van der Waals surface area contributed by atoms with E-state index in [2.05, 4.69) is 20.8 Å². The first kappa shape index (κ1) is 19.5. The molecule has 2 heterocycles. The lowest BCUT2D eigenvalue weighted by Crippen LogP contribution is -2.50. The lowest BCUT2D eigenvalue weighted by molar-refractivity contribution is -0.123. The summed E-state index contributed by atoms with van der Waals surface area (Å²) in [6.45, 7) is 2.54. The summed E-state index contributed by atoms with van der Waals surface area (Å²) in [6, 6.07) is 17.6. The third-order valence-corrected chi connectivity index (χ3v) is 5.48. The number of carbonyl (C=O) groups excluding carboxylic acids is 1. The fourth-order valence-electron chi connectivity index (χ4n) is 3.14. The van der Waals surface area contributed by atoms with Gasteiger partial charge in [0.15, 0.2) is 0 Å². The lowest BCUT2D eigenvalue weighted by Gasteiger charge is -2.31. The maximum atomic E-state index is 12.1. The number of hydrogen-bond acceptors (Lipinski definition) is 7. The minimum atomic E-state index is -0.224. The molecule has 1 aliphatic rings. The first-order chi connectivity index (χ1) is 14.2. The summed E-state index contributed by atoms with van der Waals surface area (Å²) >= 11 is 1.51. The van der Waals surface area contributed by atoms with Crippen LogP contribution in [-0.2, 0) is 10.5 Å². The van der Waals surface area contributed by atoms with Gasteiger partial charge in [-0.15, -0.1) is 11.8 Å². The van der Waals surface area contributed by atoms with Crippen LogP contribution < -0.4 is 15.4 Å². The van der Waals surface area contributed by atoms with E-state index in [1.807, 2.05) is 61.5 Å². The molecule has 4 rings (SSSR count). The molecule has 3 aromatic rings. The van der Waals surface area contributed by atoms with Gasteiger partial charge < -0.3 is 14.6 Å². The lowest BCUT2D eigenvalue weighted by atomic mass is 10.0. The van der Waals surface area contributed by atoms with E-state index < -0.39 is 0 Å². The standard InChI is InChI=1S/C21H22N4O3S/c1-2-27-16-10-6-9-15(11-16)20-24-19(28-25-20)13-29-21-22-17(12-18(26)23-21)14-7-4-3-5-8-14/h3-11,17,21-22H,2,12-13H2,1H3,(H,23,26). The zero-order valence-corrected chi connectivity index (χ0v) is 16.8. The summed E-state index contributed by atoms with van der Waals surface area (Å²) in [6.07, 6.45) is 0.419. The van der Waals surface area contributed by atoms with Crippen molar-refractivity contribution in [3.8, 4) is 17.1 Å². The highest BCUT2D eigenvalue weighted by atomic mass is 32.2. The fraction of sp³-hybridized carbons (Fsp3) is 0.286. The topological polar surface area (TPSA) is 89.3 Å². The van der Waals surface area contributed by atoms with Crippen molar-refractivity contribution in [3.63, 3.8) is 0 Å². The molecule has 0 bridgehead atoms. The summed E-state index contributed by atoms with van der Waals surface area (Å²) in [4.78, 5) is 16.6. The molecule has 1 fully saturated rings. The molecule has 7 nitrogen and oxygen atoms in total. The molecular weight excluding hydrogens is 388 g/mol. The van der Waals surface area contributed by atoms with Gasteiger partial charge in [0.2, 0.25) is 17.6 Å². The van der Waals surface area contributed by atoms with Crippen molar-refractivity contribution in [2.24, 2.45) is 0 Å². The molecule has 2 atom stereocenters. The van der Waals surface area contributed by atoms with Gasteiger partial charge in [0.05, 0.1) is 12.4 Å². The third-order valence-electron chi connectivity index (χ3n) is 4.48. The van der Waals surface area contributed by atoms with Crippen LogP contribution >= 0.6 is 11.8 Å². The number of carbonyl (C=O) groups is 1. The Bertz CT molecular complexity index is 963. The van der Waals surface area contributed by atoms with Gasteiger partial charge in [-0.2, -0.15) is 4.98 Å². The molecule has 0 saturated carbocycles. The van der Waals surface area contributed by atoms with Gasteiger partial charge in [0, 0.05) is 18.0 Å². The predicted octanol–water partition coefficient (Wildman–Crippen LogP) is 3.50. The number of rotatable bonds is 7. The van der Waals surface area contributed by atoms with E-state index in [-0.39, 0.29) is 17.4 Å². The van der Waals surface area contributed by atoms with Gasteiger partial charge >= 0.3 is 0 Å². The quantitative estimate of drug-likeness (QED) is 0.616. The third kappa shape index (κ3) is 4.96. The van der Waals surface area contributed by atoms with E-state index in [1.165, 1.54) is 11.8 Å². The van der Waals surface area contributed by atoms with Gasteiger partial charge in [0.25, 0.3) is 0 Å². The molecule has 2 aromatic carbocycles. The molecule has 8 heteroatoms. The average molecular weight is 410 g/mol. The van der Waals surface area contributed by atoms with Crippen LogP contribution in [0.5, 0.6) is 5.75 Å². The number of thioether (sulfide) groups is 1. The highest BCUT2D eigenvalue weighted by molar-refractivity contribution is 7.99. The molecule has 0 radical (unpaired) electrons. The fourth-order valence-corrected chi connectivity index (χ4v) is 4.04. The molecule has 0 spiro atoms. The van der Waals surface area contributed by atoms with Crippen LogP contribution in [0.1, 0.15) is 30.8 Å². The number of nitrogens with one attached hydrogen (secondary N) is 2. The van der Waals surface area contributed by atoms with Gasteiger partial charge in [-0.25, -0.2) is 0 Å². The summed E-state index contributed by atoms with van der Waals surface area (Å²) in [7, 11) is 0. The monoisotopic (exact) mass is 410 g/mol. The van der Waals surface area contributed by atoms with Crippen LogP contribution in [0.4, 0.5) is 0 Å². The zero-order chi connectivity index (χ0) is 20.1. The average Bonchev–Trinajstić information content (AvgIpc) is 3.22. The van der Waals surface area contributed by atoms with E-state index in [4.69, 9.17) is 9.26 Å². The van der Waals surface area contributed by atoms with Crippen molar-refractivity contribution in [1.29, 1.82) is 0 Å². The Morgan fingerprint density at radius 3 is 2.90 bits per heavy atom. The first-order valence-electron chi connectivity index (χ1n) is 9.49. The summed E-state index contributed by atoms with van der Waals surface area (Å²) in [5.74, 6) is 2.30. The molecule has 2 N–H and O–H groups in total. The summed E-state index contributed by atoms with van der Waals surface area (Å²) in [5, 5.41) is 10.5. The number of nitrogens with zero attached hydrogens (tertiary/aromatic N) is 2. The van der Waals surface area contributed by atoms with E-state index in [9.17, 15) is 4.79 Å². The van der Waals surface area contributed by atoms with Crippen LogP contribution in [0.2, 0.25) is 0 Å². The van der Waals surface area contributed by atoms with Crippen molar-refractivity contribution >= 4 is 17.7 Å². The van der Waals surface area contributed by atoms with Crippen LogP contribution in [0.3, 0.4) is 0 Å². The second kappa shape index (κ2) is 9.11. The SMILES string of the molecule is CCOc1cccc(-c2noc(CSC3NC(=O)CC(c4ccccc4)N3)n2)c1. The zero-order valence-electron chi connectivity index (χ0n) is 16.0. The smallest absolute Gasteiger partial charge is 0.237 e. The highest BCUT2D eigenvalue weighted by Gasteiger charge is 2.27. The maximum absolute atomic E-state index is 12.1. The maximum Gasteiger partial charge on any atom is 0.237 e. The van der Waals surface area contributed by atoms with Gasteiger partial charge in [-0.05, 0) is 24.6 Å². The number of hydrogen-bond donors (Lipinski definition) is 2. The largest absolute Gasteiger partial charge is 0.494 e. The van der Waals surface area contributed by atoms with Crippen LogP contribution in [0, 0.1) is 0 Å². The van der Waals surface area contributed by atoms with Crippen molar-refractivity contribution in [1.82, 2.24) is 20.8 Å². The molecule has 0 aliphatic carbocycles. The second-order valence-electron chi connectivity index (χ2n) is 6.57. The Labute approximate surface area is 173 Å². The number of ether oxygens (including phenoxy) is 1. The normalized spacial score (nSPS) is 19.0. The predicted molar refractivity (Wildman–Crippen MR) is 111 cm³/mol.